The van der Waals surface area contributed by atoms with Crippen LogP contribution in [0.2, 0.25) is 10.0 Å². The van der Waals surface area contributed by atoms with Gasteiger partial charge in [0.1, 0.15) is 5.75 Å². The largest absolute Gasteiger partial charge is 0.494 e. The summed E-state index contributed by atoms with van der Waals surface area (Å²) in [6, 6.07) is 28.0. The van der Waals surface area contributed by atoms with Crippen LogP contribution in [-0.4, -0.2) is 22.6 Å². The van der Waals surface area contributed by atoms with Crippen LogP contribution in [-0.2, 0) is 0 Å². The van der Waals surface area contributed by atoms with E-state index in [1.807, 2.05) is 91.9 Å². The van der Waals surface area contributed by atoms with Crippen molar-refractivity contribution < 1.29 is 9.53 Å². The topological polar surface area (TPSA) is 76.1 Å². The summed E-state index contributed by atoms with van der Waals surface area (Å²) in [4.78, 5) is 24.6. The summed E-state index contributed by atoms with van der Waals surface area (Å²) in [6.07, 6.45) is 3.36. The van der Waals surface area contributed by atoms with Crippen molar-refractivity contribution in [3.05, 3.63) is 113 Å². The Balaban J connectivity index is 1.37. The predicted molar refractivity (Wildman–Crippen MR) is 173 cm³/mol. The van der Waals surface area contributed by atoms with Gasteiger partial charge in [0.15, 0.2) is 0 Å². The van der Waals surface area contributed by atoms with Crippen LogP contribution in [0.15, 0.2) is 113 Å². The zero-order chi connectivity index (χ0) is 29.1. The van der Waals surface area contributed by atoms with E-state index in [1.165, 1.54) is 11.8 Å². The molecule has 2 N–H and O–H groups in total. The molecule has 42 heavy (non-hydrogen) atoms. The van der Waals surface area contributed by atoms with Crippen LogP contribution in [0.5, 0.6) is 5.75 Å². The van der Waals surface area contributed by atoms with E-state index in [-0.39, 0.29) is 0 Å². The minimum Gasteiger partial charge on any atom is -0.494 e. The fourth-order valence-corrected chi connectivity index (χ4v) is 6.05. The number of ether oxygens (including phenoxy) is 1. The lowest BCUT2D eigenvalue weighted by Gasteiger charge is -2.17. The first-order valence-corrected chi connectivity index (χ1v) is 14.8. The lowest BCUT2D eigenvalue weighted by Crippen LogP contribution is -2.20. The molecule has 6 nitrogen and oxygen atoms in total. The van der Waals surface area contributed by atoms with Crippen molar-refractivity contribution in [3.8, 4) is 16.9 Å². The van der Waals surface area contributed by atoms with Gasteiger partial charge in [-0.3, -0.25) is 9.97 Å². The van der Waals surface area contributed by atoms with Gasteiger partial charge in [0.2, 0.25) is 0 Å². The van der Waals surface area contributed by atoms with E-state index in [0.29, 0.717) is 28.0 Å². The Morgan fingerprint density at radius 2 is 1.64 bits per heavy atom. The number of anilines is 2. The summed E-state index contributed by atoms with van der Waals surface area (Å²) in [5.74, 6) is 0.807. The minimum atomic E-state index is -0.434. The van der Waals surface area contributed by atoms with Crippen LogP contribution in [0.1, 0.15) is 6.92 Å². The van der Waals surface area contributed by atoms with Crippen molar-refractivity contribution >= 4 is 74.2 Å². The molecule has 2 aromatic heterocycles. The molecular formula is C33H24Cl2N4O2S. The molecule has 6 rings (SSSR count). The molecule has 0 aliphatic carbocycles. The first-order chi connectivity index (χ1) is 20.5. The Morgan fingerprint density at radius 3 is 2.45 bits per heavy atom. The van der Waals surface area contributed by atoms with E-state index < -0.39 is 6.03 Å². The second-order valence-corrected chi connectivity index (χ2v) is 11.2. The molecule has 0 bridgehead atoms. The Labute approximate surface area is 257 Å². The standard InChI is InChI=1S/C33H24Cl2N4O2S/c1-2-41-21-10-12-22(13-11-21)42-30-16-15-27-24(7-5-17-36-27)32(30)39-33(40)38-29-19-37-28-14-9-20(34)18-25(28)31(29)23-6-3-4-8-26(23)35/h3-19H,2H2,1H3,(H2,38,39,40). The highest BCUT2D eigenvalue weighted by Crippen LogP contribution is 2.41. The third kappa shape index (κ3) is 5.85. The summed E-state index contributed by atoms with van der Waals surface area (Å²) in [5.41, 5.74) is 4.12. The molecular weight excluding hydrogens is 587 g/mol. The number of rotatable bonds is 7. The zero-order valence-electron chi connectivity index (χ0n) is 22.4. The smallest absolute Gasteiger partial charge is 0.323 e. The highest BCUT2D eigenvalue weighted by molar-refractivity contribution is 7.99. The van der Waals surface area contributed by atoms with Gasteiger partial charge in [0.25, 0.3) is 0 Å². The number of pyridine rings is 2. The second-order valence-electron chi connectivity index (χ2n) is 9.28. The fraction of sp³-hybridized carbons (Fsp3) is 0.0606. The third-order valence-corrected chi connectivity index (χ3v) is 8.20. The van der Waals surface area contributed by atoms with Crippen LogP contribution < -0.4 is 15.4 Å². The van der Waals surface area contributed by atoms with E-state index >= 15 is 0 Å². The normalized spacial score (nSPS) is 11.0. The molecule has 4 aromatic carbocycles. The number of hydrogen-bond donors (Lipinski definition) is 2. The molecule has 0 aliphatic rings. The third-order valence-electron chi connectivity index (χ3n) is 6.57. The minimum absolute atomic E-state index is 0.434. The first-order valence-electron chi connectivity index (χ1n) is 13.2. The summed E-state index contributed by atoms with van der Waals surface area (Å²) >= 11 is 14.5. The Kier molecular flexibility index (Phi) is 8.15. The van der Waals surface area contributed by atoms with Crippen LogP contribution in [0, 0.1) is 0 Å². The highest BCUT2D eigenvalue weighted by atomic mass is 35.5. The molecule has 2 amide bonds. The molecule has 0 aliphatic heterocycles. The van der Waals surface area contributed by atoms with E-state index in [9.17, 15) is 4.79 Å². The van der Waals surface area contributed by atoms with Crippen LogP contribution >= 0.6 is 35.0 Å². The van der Waals surface area contributed by atoms with E-state index in [1.54, 1.807) is 18.5 Å². The molecule has 0 unspecified atom stereocenters. The number of benzene rings is 4. The molecule has 0 fully saturated rings. The lowest BCUT2D eigenvalue weighted by atomic mass is 9.99. The zero-order valence-corrected chi connectivity index (χ0v) is 24.7. The number of nitrogens with one attached hydrogen (secondary N) is 2. The van der Waals surface area contributed by atoms with E-state index in [2.05, 4.69) is 20.6 Å². The number of aromatic nitrogens is 2. The lowest BCUT2D eigenvalue weighted by molar-refractivity contribution is 0.262. The van der Waals surface area contributed by atoms with Gasteiger partial charge in [-0.25, -0.2) is 4.79 Å². The summed E-state index contributed by atoms with van der Waals surface area (Å²) in [5, 5.41) is 8.79. The fourth-order valence-electron chi connectivity index (χ4n) is 4.72. The highest BCUT2D eigenvalue weighted by Gasteiger charge is 2.18. The van der Waals surface area contributed by atoms with Crippen molar-refractivity contribution in [2.75, 3.05) is 17.2 Å². The van der Waals surface area contributed by atoms with E-state index in [4.69, 9.17) is 27.9 Å². The predicted octanol–water partition coefficient (Wildman–Crippen LogP) is 9.95. The molecule has 0 saturated carbocycles. The molecule has 0 radical (unpaired) electrons. The average molecular weight is 612 g/mol. The number of carbonyl (C=O) groups excluding carboxylic acids is 1. The number of nitrogens with zero attached hydrogens (tertiary/aromatic N) is 2. The quantitative estimate of drug-likeness (QED) is 0.188. The number of halogens is 2. The maximum absolute atomic E-state index is 13.7. The van der Waals surface area contributed by atoms with E-state index in [0.717, 1.165) is 48.5 Å². The van der Waals surface area contributed by atoms with Gasteiger partial charge >= 0.3 is 6.03 Å². The Bertz CT molecular complexity index is 1930. The van der Waals surface area contributed by atoms with Crippen LogP contribution in [0.3, 0.4) is 0 Å². The number of amides is 2. The SMILES string of the molecule is CCOc1ccc(Sc2ccc3ncccc3c2NC(=O)Nc2cnc3ccc(Cl)cc3c2-c2ccccc2Cl)cc1. The number of carbonyl (C=O) groups is 1. The van der Waals surface area contributed by atoms with Crippen molar-refractivity contribution in [1.29, 1.82) is 0 Å². The molecule has 9 heteroatoms. The molecule has 0 spiro atoms. The molecule has 0 saturated heterocycles. The van der Waals surface area contributed by atoms with Gasteiger partial charge in [-0.2, -0.15) is 0 Å². The Hall–Kier alpha value is -4.30. The van der Waals surface area contributed by atoms with Gasteiger partial charge in [-0.05, 0) is 79.7 Å². The van der Waals surface area contributed by atoms with Crippen LogP contribution in [0.4, 0.5) is 16.2 Å². The van der Waals surface area contributed by atoms with Crippen molar-refractivity contribution in [2.45, 2.75) is 16.7 Å². The number of fused-ring (bicyclic) bond motifs is 2. The number of hydrogen-bond acceptors (Lipinski definition) is 5. The summed E-state index contributed by atoms with van der Waals surface area (Å²) in [7, 11) is 0. The summed E-state index contributed by atoms with van der Waals surface area (Å²) < 4.78 is 5.58. The monoisotopic (exact) mass is 610 g/mol. The summed E-state index contributed by atoms with van der Waals surface area (Å²) in [6.45, 7) is 2.56. The van der Waals surface area contributed by atoms with Crippen LogP contribution in [0.25, 0.3) is 32.9 Å². The van der Waals surface area contributed by atoms with Crippen molar-refractivity contribution in [1.82, 2.24) is 9.97 Å². The average Bonchev–Trinajstić information content (AvgIpc) is 3.00. The van der Waals surface area contributed by atoms with Gasteiger partial charge in [0, 0.05) is 47.9 Å². The van der Waals surface area contributed by atoms with Crippen molar-refractivity contribution in [2.24, 2.45) is 0 Å². The molecule has 0 atom stereocenters. The molecule has 208 valence electrons. The van der Waals surface area contributed by atoms with Gasteiger partial charge in [-0.1, -0.05) is 53.2 Å². The van der Waals surface area contributed by atoms with Gasteiger partial charge < -0.3 is 15.4 Å². The molecule has 6 aromatic rings. The maximum atomic E-state index is 13.7. The first kappa shape index (κ1) is 27.8. The Morgan fingerprint density at radius 1 is 0.857 bits per heavy atom. The van der Waals surface area contributed by atoms with Crippen molar-refractivity contribution in [3.63, 3.8) is 0 Å². The molecule has 2 heterocycles. The number of urea groups is 1. The second kappa shape index (κ2) is 12.3. The van der Waals surface area contributed by atoms with Gasteiger partial charge in [-0.15, -0.1) is 0 Å². The maximum Gasteiger partial charge on any atom is 0.323 e. The van der Waals surface area contributed by atoms with Gasteiger partial charge in [0.05, 0.1) is 35.2 Å².